The Morgan fingerprint density at radius 3 is 2.33 bits per heavy atom. The number of rotatable bonds is 11. The average Bonchev–Trinajstić information content (AvgIpc) is 3.03. The van der Waals surface area contributed by atoms with Crippen molar-refractivity contribution < 1.29 is 29.3 Å². The van der Waals surface area contributed by atoms with Gasteiger partial charge in [0.25, 0.3) is 0 Å². The van der Waals surface area contributed by atoms with Crippen molar-refractivity contribution in [1.29, 1.82) is 0 Å². The van der Waals surface area contributed by atoms with E-state index in [9.17, 15) is 19.8 Å². The quantitative estimate of drug-likeness (QED) is 0.537. The van der Waals surface area contributed by atoms with Gasteiger partial charge in [-0.15, -0.1) is 0 Å². The first-order chi connectivity index (χ1) is 15.7. The van der Waals surface area contributed by atoms with Crippen molar-refractivity contribution in [2.24, 2.45) is 0 Å². The number of carboxylic acid groups (broad SMARTS) is 1. The largest absolute Gasteiger partial charge is 0.508 e. The predicted molar refractivity (Wildman–Crippen MR) is 123 cm³/mol. The van der Waals surface area contributed by atoms with E-state index in [1.807, 2.05) is 50.2 Å². The molecule has 0 bridgehead atoms. The van der Waals surface area contributed by atoms with Crippen molar-refractivity contribution >= 4 is 12.0 Å². The summed E-state index contributed by atoms with van der Waals surface area (Å²) in [5, 5.41) is 18.7. The summed E-state index contributed by atoms with van der Waals surface area (Å²) in [4.78, 5) is 27.5. The van der Waals surface area contributed by atoms with Crippen LogP contribution in [0.1, 0.15) is 31.4 Å². The Morgan fingerprint density at radius 1 is 1.09 bits per heavy atom. The van der Waals surface area contributed by atoms with Crippen LogP contribution in [0.2, 0.25) is 0 Å². The highest BCUT2D eigenvalue weighted by atomic mass is 16.5. The zero-order chi connectivity index (χ0) is 24.0. The number of ether oxygens (including phenoxy) is 2. The van der Waals surface area contributed by atoms with Gasteiger partial charge in [-0.2, -0.15) is 0 Å². The fraction of sp³-hybridized carbons (Fsp3) is 0.440. The maximum Gasteiger partial charge on any atom is 0.333 e. The predicted octanol–water partition coefficient (Wildman–Crippen LogP) is 3.52. The minimum atomic E-state index is -0.973. The highest BCUT2D eigenvalue weighted by Gasteiger charge is 2.34. The number of phenolic OH excluding ortho intramolecular Hbond substituents is 1. The Hall–Kier alpha value is -3.26. The number of hydrogen-bond acceptors (Lipinski definition) is 5. The van der Waals surface area contributed by atoms with Gasteiger partial charge in [0.2, 0.25) is 0 Å². The van der Waals surface area contributed by atoms with E-state index in [-0.39, 0.29) is 23.9 Å². The fourth-order valence-electron chi connectivity index (χ4n) is 3.84. The molecule has 178 valence electrons. The molecule has 1 saturated heterocycles. The van der Waals surface area contributed by atoms with E-state index in [0.29, 0.717) is 38.3 Å². The van der Waals surface area contributed by atoms with Crippen LogP contribution in [-0.2, 0) is 22.5 Å². The molecular weight excluding hydrogens is 424 g/mol. The summed E-state index contributed by atoms with van der Waals surface area (Å²) < 4.78 is 11.3. The van der Waals surface area contributed by atoms with E-state index in [0.717, 1.165) is 11.1 Å². The lowest BCUT2D eigenvalue weighted by atomic mass is 10.1. The van der Waals surface area contributed by atoms with E-state index in [1.165, 1.54) is 0 Å². The molecule has 8 nitrogen and oxygen atoms in total. The number of hydrogen-bond donors (Lipinski definition) is 2. The van der Waals surface area contributed by atoms with Gasteiger partial charge in [0, 0.05) is 33.0 Å². The van der Waals surface area contributed by atoms with E-state index in [1.54, 1.807) is 29.0 Å². The summed E-state index contributed by atoms with van der Waals surface area (Å²) in [7, 11) is 1.80. The third-order valence-corrected chi connectivity index (χ3v) is 5.64. The molecule has 2 amide bonds. The number of carbonyl (C=O) groups excluding carboxylic acids is 1. The molecule has 1 fully saturated rings. The molecule has 0 spiro atoms. The molecule has 1 aliphatic heterocycles. The molecule has 0 saturated carbocycles. The summed E-state index contributed by atoms with van der Waals surface area (Å²) >= 11 is 0. The van der Waals surface area contributed by atoms with Gasteiger partial charge in [0.1, 0.15) is 11.5 Å². The minimum absolute atomic E-state index is 0.0194. The second-order valence-corrected chi connectivity index (χ2v) is 8.59. The van der Waals surface area contributed by atoms with E-state index < -0.39 is 12.1 Å². The van der Waals surface area contributed by atoms with Gasteiger partial charge in [0.15, 0.2) is 6.10 Å². The lowest BCUT2D eigenvalue weighted by Gasteiger charge is -2.18. The van der Waals surface area contributed by atoms with E-state index in [2.05, 4.69) is 0 Å². The minimum Gasteiger partial charge on any atom is -0.508 e. The fourth-order valence-corrected chi connectivity index (χ4v) is 3.84. The van der Waals surface area contributed by atoms with Crippen LogP contribution in [0.4, 0.5) is 4.79 Å². The number of amides is 2. The van der Waals surface area contributed by atoms with Crippen molar-refractivity contribution in [2.45, 2.75) is 51.5 Å². The molecule has 8 heteroatoms. The number of phenols is 1. The van der Waals surface area contributed by atoms with Crippen molar-refractivity contribution in [3.05, 3.63) is 59.7 Å². The topological polar surface area (TPSA) is 99.5 Å². The Labute approximate surface area is 194 Å². The van der Waals surface area contributed by atoms with Crippen LogP contribution >= 0.6 is 0 Å². The molecule has 2 unspecified atom stereocenters. The number of aromatic hydroxyl groups is 1. The molecule has 0 aliphatic carbocycles. The van der Waals surface area contributed by atoms with Crippen molar-refractivity contribution in [1.82, 2.24) is 9.80 Å². The van der Waals surface area contributed by atoms with Gasteiger partial charge >= 0.3 is 12.0 Å². The summed E-state index contributed by atoms with van der Waals surface area (Å²) in [6.07, 6.45) is -0.0537. The van der Waals surface area contributed by atoms with E-state index >= 15 is 0 Å². The van der Waals surface area contributed by atoms with Crippen LogP contribution in [0.5, 0.6) is 11.5 Å². The average molecular weight is 457 g/mol. The molecule has 2 aromatic rings. The first-order valence-corrected chi connectivity index (χ1v) is 11.1. The first kappa shape index (κ1) is 24.4. The number of urea groups is 1. The molecule has 2 N–H and O–H groups in total. The zero-order valence-corrected chi connectivity index (χ0v) is 19.3. The normalized spacial score (nSPS) is 17.0. The lowest BCUT2D eigenvalue weighted by Crippen LogP contribution is -2.31. The zero-order valence-electron chi connectivity index (χ0n) is 19.3. The molecular formula is C25H32N2O6. The summed E-state index contributed by atoms with van der Waals surface area (Å²) in [6, 6.07) is 14.2. The maximum absolute atomic E-state index is 12.6. The summed E-state index contributed by atoms with van der Waals surface area (Å²) in [5.41, 5.74) is 1.83. The summed E-state index contributed by atoms with van der Waals surface area (Å²) in [6.45, 7) is 5.21. The van der Waals surface area contributed by atoms with Crippen molar-refractivity contribution in [2.75, 3.05) is 20.2 Å². The first-order valence-electron chi connectivity index (χ1n) is 11.1. The van der Waals surface area contributed by atoms with Crippen LogP contribution < -0.4 is 4.74 Å². The third-order valence-electron chi connectivity index (χ3n) is 5.64. The Kier molecular flexibility index (Phi) is 8.16. The maximum atomic E-state index is 12.6. The SMILES string of the molecule is CC(C)OC(Cc1ccc(OCCC2CN(Cc3ccc(O)cc3)C(=O)N2C)cc1)C(=O)O. The summed E-state index contributed by atoms with van der Waals surface area (Å²) in [5.74, 6) is -0.0701. The van der Waals surface area contributed by atoms with E-state index in [4.69, 9.17) is 9.47 Å². The highest BCUT2D eigenvalue weighted by Crippen LogP contribution is 2.21. The Balaban J connectivity index is 1.47. The van der Waals surface area contributed by atoms with Crippen LogP contribution in [0, 0.1) is 0 Å². The molecule has 3 rings (SSSR count). The number of carbonyl (C=O) groups is 2. The number of carboxylic acids is 1. The van der Waals surface area contributed by atoms with Gasteiger partial charge in [-0.1, -0.05) is 24.3 Å². The van der Waals surface area contributed by atoms with Crippen molar-refractivity contribution in [3.8, 4) is 11.5 Å². The molecule has 1 heterocycles. The third kappa shape index (κ3) is 6.86. The monoisotopic (exact) mass is 456 g/mol. The highest BCUT2D eigenvalue weighted by molar-refractivity contribution is 5.77. The molecule has 33 heavy (non-hydrogen) atoms. The second kappa shape index (κ2) is 11.0. The standard InChI is InChI=1S/C25H32N2O6/c1-17(2)33-23(24(29)30)14-18-6-10-22(11-7-18)32-13-12-20-16-27(25(31)26(20)3)15-19-4-8-21(28)9-5-19/h4-11,17,20,23,28H,12-16H2,1-3H3,(H,29,30). The van der Waals surface area contributed by atoms with Crippen LogP contribution in [0.15, 0.2) is 48.5 Å². The van der Waals surface area contributed by atoms with Gasteiger partial charge in [-0.25, -0.2) is 9.59 Å². The van der Waals surface area contributed by atoms with Crippen LogP contribution in [0.25, 0.3) is 0 Å². The Morgan fingerprint density at radius 2 is 1.73 bits per heavy atom. The van der Waals surface area contributed by atoms with Crippen molar-refractivity contribution in [3.63, 3.8) is 0 Å². The lowest BCUT2D eigenvalue weighted by molar-refractivity contribution is -0.153. The number of likely N-dealkylation sites (N-methyl/N-ethyl adjacent to an activating group) is 1. The second-order valence-electron chi connectivity index (χ2n) is 8.59. The van der Waals surface area contributed by atoms with Gasteiger partial charge in [0.05, 0.1) is 18.8 Å². The molecule has 2 aromatic carbocycles. The molecule has 0 radical (unpaired) electrons. The molecule has 1 aliphatic rings. The molecule has 0 aromatic heterocycles. The van der Waals surface area contributed by atoms with Gasteiger partial charge in [-0.05, 0) is 49.2 Å². The van der Waals surface area contributed by atoms with Gasteiger partial charge < -0.3 is 29.5 Å². The smallest absolute Gasteiger partial charge is 0.333 e. The number of benzene rings is 2. The van der Waals surface area contributed by atoms with Gasteiger partial charge in [-0.3, -0.25) is 0 Å². The number of nitrogens with zero attached hydrogens (tertiary/aromatic N) is 2. The molecule has 2 atom stereocenters. The number of aliphatic carboxylic acids is 1. The van der Waals surface area contributed by atoms with Crippen LogP contribution in [0.3, 0.4) is 0 Å². The van der Waals surface area contributed by atoms with Crippen LogP contribution in [-0.4, -0.2) is 70.5 Å². The Bertz CT molecular complexity index is 929.